The van der Waals surface area contributed by atoms with Crippen LogP contribution in [0.2, 0.25) is 0 Å². The minimum absolute atomic E-state index is 0. The van der Waals surface area contributed by atoms with E-state index in [1.165, 1.54) is 50.9 Å². The lowest BCUT2D eigenvalue weighted by molar-refractivity contribution is -1.07. The van der Waals surface area contributed by atoms with E-state index < -0.39 is 48.2 Å². The molecule has 5 fully saturated rings. The summed E-state index contributed by atoms with van der Waals surface area (Å²) in [5.41, 5.74) is 0.527. The number of aliphatic hydroxyl groups excluding tert-OH is 1. The fourth-order valence-electron chi connectivity index (χ4n) is 10.5. The summed E-state index contributed by atoms with van der Waals surface area (Å²) >= 11 is 0. The van der Waals surface area contributed by atoms with E-state index in [0.717, 1.165) is 23.0 Å². The highest BCUT2D eigenvalue weighted by Crippen LogP contribution is 2.61. The third kappa shape index (κ3) is 7.68. The van der Waals surface area contributed by atoms with Crippen LogP contribution in [0.5, 0.6) is 0 Å². The van der Waals surface area contributed by atoms with Crippen molar-refractivity contribution in [2.24, 2.45) is 29.6 Å². The lowest BCUT2D eigenvalue weighted by atomic mass is 9.57. The number of nitrogens with zero attached hydrogens (tertiary/aromatic N) is 2. The van der Waals surface area contributed by atoms with Crippen molar-refractivity contribution < 1.29 is 88.5 Å². The second kappa shape index (κ2) is 16.3. The summed E-state index contributed by atoms with van der Waals surface area (Å²) < 4.78 is 33.4. The third-order valence-electron chi connectivity index (χ3n) is 13.8. The largest absolute Gasteiger partial charge is 1.00 e. The standard InChI is InChI=1S/C40H58N2O9.ClH.HI/c1-24-22-25(2)40-29(13-14-30-33(40)34(44)26(3)36(37(30)51-40)50-38(45)28-10-7-8-11-28)23-31(47-6)39(46)49-35(24)27(4)48-32(43)12-9-15-42-19-16-41(5,17-20-42)18-21-42;;/h7-8,10,13-14,22,24,26-27,29-31,33-37,44H,9,11-12,15-21,23H2,1-6H3;2*1H/q+2;;/p-2/b25-22+;;/t24-,26-,27-,29?,30-,31+,33+,34-,35+,36-,37-,40+,41?,42?;;/m1../s1. The fraction of sp³-hybridized carbons (Fsp3) is 0.725. The van der Waals surface area contributed by atoms with Crippen LogP contribution in [0.4, 0.5) is 0 Å². The van der Waals surface area contributed by atoms with Gasteiger partial charge in [-0.3, -0.25) is 4.79 Å². The highest BCUT2D eigenvalue weighted by atomic mass is 127. The number of likely N-dealkylation sites (N-methyl/N-ethyl adjacent to an activating group) is 1. The summed E-state index contributed by atoms with van der Waals surface area (Å²) in [6.45, 7) is 15.8. The molecule has 1 unspecified atom stereocenters. The molecule has 4 saturated heterocycles. The minimum atomic E-state index is -0.966. The van der Waals surface area contributed by atoms with E-state index in [2.05, 4.69) is 25.3 Å². The Morgan fingerprint density at radius 2 is 1.81 bits per heavy atom. The number of rotatable bonds is 9. The Kier molecular flexibility index (Phi) is 13.1. The van der Waals surface area contributed by atoms with Gasteiger partial charge in [0.25, 0.3) is 0 Å². The SMILES string of the molecule is CO[C@H]1CC2C=C[C@H]3[C@H]4O[C@]2(/C(C)=C/[C@@H](C)[C@@H]([C@@H](C)OC(=O)CCC[N+]25CC[N+](C)(CC2)CC5)OC1=O)[C@@H]3[C@H](O)[C@@H](C)[C@H]4OC(=O)C1=CC=CC1.[Cl-].[I-]. The van der Waals surface area contributed by atoms with Crippen LogP contribution in [0.3, 0.4) is 0 Å². The second-order valence-corrected chi connectivity index (χ2v) is 16.9. The van der Waals surface area contributed by atoms with Crippen LogP contribution in [0, 0.1) is 29.6 Å². The average molecular weight is 873 g/mol. The maximum absolute atomic E-state index is 13.8. The molecule has 8 aliphatic rings. The highest BCUT2D eigenvalue weighted by Gasteiger charge is 2.69. The fourth-order valence-corrected chi connectivity index (χ4v) is 10.5. The number of aliphatic hydroxyl groups is 1. The molecule has 3 aliphatic carbocycles. The van der Waals surface area contributed by atoms with Crippen molar-refractivity contribution in [2.45, 2.75) is 95.6 Å². The molecule has 0 aromatic carbocycles. The van der Waals surface area contributed by atoms with E-state index in [-0.39, 0.29) is 84.3 Å². The molecule has 1 spiro atoms. The van der Waals surface area contributed by atoms with Crippen LogP contribution in [0.1, 0.15) is 53.4 Å². The van der Waals surface area contributed by atoms with E-state index >= 15 is 0 Å². The number of fused-ring (bicyclic) bond motifs is 3. The lowest BCUT2D eigenvalue weighted by Gasteiger charge is -2.54. The zero-order chi connectivity index (χ0) is 36.3. The number of piperazine rings is 3. The zero-order valence-corrected chi connectivity index (χ0v) is 34.9. The maximum Gasteiger partial charge on any atom is 0.335 e. The van der Waals surface area contributed by atoms with Crippen molar-refractivity contribution in [1.29, 1.82) is 0 Å². The number of ether oxygens (including phenoxy) is 5. The molecule has 0 radical (unpaired) electrons. The van der Waals surface area contributed by atoms with Gasteiger partial charge >= 0.3 is 17.9 Å². The van der Waals surface area contributed by atoms with Gasteiger partial charge in [-0.1, -0.05) is 50.3 Å². The molecule has 13 heteroatoms. The van der Waals surface area contributed by atoms with Gasteiger partial charge in [-0.05, 0) is 32.3 Å². The number of hydrogen-bond acceptors (Lipinski definition) is 9. The smallest absolute Gasteiger partial charge is 0.335 e. The molecule has 11 nitrogen and oxygen atoms in total. The number of allylic oxidation sites excluding steroid dienone is 3. The molecule has 0 aromatic heterocycles. The molecule has 1 N–H and O–H groups in total. The number of hydrogen-bond donors (Lipinski definition) is 1. The Balaban J connectivity index is 0.00000271. The van der Waals surface area contributed by atoms with Crippen molar-refractivity contribution in [2.75, 3.05) is 60.0 Å². The molecule has 8 rings (SSSR count). The molecule has 0 amide bonds. The van der Waals surface area contributed by atoms with Gasteiger partial charge in [0.2, 0.25) is 0 Å². The zero-order valence-electron chi connectivity index (χ0n) is 32.0. The first-order valence-corrected chi connectivity index (χ1v) is 19.2. The maximum atomic E-state index is 13.8. The molecule has 5 heterocycles. The van der Waals surface area contributed by atoms with Crippen LogP contribution in [-0.4, -0.2) is 134 Å². The number of esters is 3. The summed E-state index contributed by atoms with van der Waals surface area (Å²) in [6, 6.07) is 0. The normalized spacial score (nSPS) is 43.9. The van der Waals surface area contributed by atoms with Crippen LogP contribution >= 0.6 is 0 Å². The number of halogens is 2. The van der Waals surface area contributed by atoms with Crippen molar-refractivity contribution in [3.05, 3.63) is 47.6 Å². The van der Waals surface area contributed by atoms with Gasteiger partial charge in [-0.15, -0.1) is 0 Å². The summed E-state index contributed by atoms with van der Waals surface area (Å²) in [5, 5.41) is 12.0. The van der Waals surface area contributed by atoms with E-state index in [4.69, 9.17) is 23.7 Å². The van der Waals surface area contributed by atoms with E-state index in [1.54, 1.807) is 13.0 Å². The van der Waals surface area contributed by atoms with Gasteiger partial charge in [0, 0.05) is 48.7 Å². The molecule has 5 aliphatic heterocycles. The number of carbonyl (C=O) groups excluding carboxylic acids is 3. The van der Waals surface area contributed by atoms with Crippen LogP contribution in [0.15, 0.2) is 47.6 Å². The molecule has 296 valence electrons. The summed E-state index contributed by atoms with van der Waals surface area (Å²) in [6.07, 6.45) is 9.30. The van der Waals surface area contributed by atoms with Gasteiger partial charge in [-0.2, -0.15) is 0 Å². The first kappa shape index (κ1) is 42.3. The first-order chi connectivity index (χ1) is 24.3. The summed E-state index contributed by atoms with van der Waals surface area (Å²) in [5.74, 6) is -2.73. The van der Waals surface area contributed by atoms with Crippen LogP contribution < -0.4 is 36.4 Å². The Morgan fingerprint density at radius 3 is 2.45 bits per heavy atom. The van der Waals surface area contributed by atoms with E-state index in [9.17, 15) is 19.5 Å². The Hall–Kier alpha value is -1.81. The average Bonchev–Trinajstić information content (AvgIpc) is 3.71. The summed E-state index contributed by atoms with van der Waals surface area (Å²) in [7, 11) is 3.84. The molecule has 12 atom stereocenters. The van der Waals surface area contributed by atoms with Gasteiger partial charge in [0.15, 0.2) is 6.10 Å². The number of quaternary nitrogens is 2. The lowest BCUT2D eigenvalue weighted by Crippen LogP contribution is -3.00. The number of methoxy groups -OCH3 is 1. The first-order valence-electron chi connectivity index (χ1n) is 19.2. The second-order valence-electron chi connectivity index (χ2n) is 16.9. The molecular weight excluding hydrogens is 815 g/mol. The van der Waals surface area contributed by atoms with Crippen molar-refractivity contribution in [1.82, 2.24) is 0 Å². The Bertz CT molecular complexity index is 1510. The molecule has 53 heavy (non-hydrogen) atoms. The molecule has 0 aromatic rings. The van der Waals surface area contributed by atoms with E-state index in [0.29, 0.717) is 18.4 Å². The summed E-state index contributed by atoms with van der Waals surface area (Å²) in [4.78, 5) is 40.1. The monoisotopic (exact) mass is 872 g/mol. The Labute approximate surface area is 337 Å². The van der Waals surface area contributed by atoms with Crippen molar-refractivity contribution >= 4 is 17.9 Å². The third-order valence-corrected chi connectivity index (χ3v) is 13.8. The van der Waals surface area contributed by atoms with Crippen molar-refractivity contribution in [3.63, 3.8) is 0 Å². The minimum Gasteiger partial charge on any atom is -1.00 e. The van der Waals surface area contributed by atoms with Gasteiger partial charge in [0.05, 0.1) is 26.1 Å². The molecule has 6 bridgehead atoms. The van der Waals surface area contributed by atoms with Crippen molar-refractivity contribution in [3.8, 4) is 0 Å². The van der Waals surface area contributed by atoms with Crippen LogP contribution in [0.25, 0.3) is 0 Å². The number of cyclic esters (lactones) is 1. The topological polar surface area (TPSA) is 118 Å². The predicted octanol–water partition coefficient (Wildman–Crippen LogP) is -2.73. The van der Waals surface area contributed by atoms with Gasteiger partial charge in [0.1, 0.15) is 69.3 Å². The number of carbonyl (C=O) groups is 3. The quantitative estimate of drug-likeness (QED) is 0.0869. The Morgan fingerprint density at radius 1 is 1.11 bits per heavy atom. The van der Waals surface area contributed by atoms with E-state index in [1.807, 2.05) is 32.9 Å². The molecular formula is C40H58ClIN2O9. The van der Waals surface area contributed by atoms with Gasteiger partial charge in [-0.25, -0.2) is 9.59 Å². The van der Waals surface area contributed by atoms with Gasteiger partial charge < -0.3 is 74.1 Å². The predicted molar refractivity (Wildman–Crippen MR) is 188 cm³/mol. The highest BCUT2D eigenvalue weighted by molar-refractivity contribution is 5.90. The molecule has 1 saturated carbocycles. The van der Waals surface area contributed by atoms with Crippen LogP contribution in [-0.2, 0) is 38.1 Å².